The zero-order valence-electron chi connectivity index (χ0n) is 13.8. The average molecular weight is 391 g/mol. The van der Waals surface area contributed by atoms with E-state index in [9.17, 15) is 0 Å². The van der Waals surface area contributed by atoms with Crippen LogP contribution < -0.4 is 5.32 Å². The summed E-state index contributed by atoms with van der Waals surface area (Å²) >= 11 is 14.3. The van der Waals surface area contributed by atoms with Crippen LogP contribution in [-0.2, 0) is 0 Å². The molecule has 0 radical (unpaired) electrons. The van der Waals surface area contributed by atoms with Gasteiger partial charge in [0, 0.05) is 24.3 Å². The van der Waals surface area contributed by atoms with Crippen LogP contribution in [0.25, 0.3) is 10.1 Å². The third-order valence-corrected chi connectivity index (χ3v) is 6.53. The second-order valence-corrected chi connectivity index (χ2v) is 8.13. The Labute approximate surface area is 162 Å². The van der Waals surface area contributed by atoms with Gasteiger partial charge in [-0.15, -0.1) is 11.3 Å². The highest BCUT2D eigenvalue weighted by Crippen LogP contribution is 2.38. The molecule has 1 aliphatic rings. The number of fused-ring (bicyclic) bond motifs is 1. The SMILES string of the molecule is Clc1ccc(C(c2csc3ccccc23)N2CCCNCC2)cc1Cl. The molecule has 1 N–H and O–H groups in total. The van der Waals surface area contributed by atoms with Crippen LogP contribution in [0, 0.1) is 0 Å². The van der Waals surface area contributed by atoms with E-state index in [1.165, 1.54) is 21.2 Å². The molecule has 2 heterocycles. The quantitative estimate of drug-likeness (QED) is 0.626. The van der Waals surface area contributed by atoms with E-state index in [0.717, 1.165) is 32.6 Å². The summed E-state index contributed by atoms with van der Waals surface area (Å²) in [5.74, 6) is 0. The second kappa shape index (κ2) is 7.65. The lowest BCUT2D eigenvalue weighted by molar-refractivity contribution is 0.242. The van der Waals surface area contributed by atoms with E-state index in [0.29, 0.717) is 10.0 Å². The summed E-state index contributed by atoms with van der Waals surface area (Å²) in [5, 5.41) is 8.37. The van der Waals surface area contributed by atoms with Crippen molar-refractivity contribution in [1.82, 2.24) is 10.2 Å². The van der Waals surface area contributed by atoms with Crippen molar-refractivity contribution in [1.29, 1.82) is 0 Å². The van der Waals surface area contributed by atoms with Gasteiger partial charge in [-0.2, -0.15) is 0 Å². The van der Waals surface area contributed by atoms with Gasteiger partial charge in [0.05, 0.1) is 16.1 Å². The van der Waals surface area contributed by atoms with Crippen molar-refractivity contribution in [2.75, 3.05) is 26.2 Å². The van der Waals surface area contributed by atoms with Gasteiger partial charge in [-0.3, -0.25) is 4.90 Å². The number of benzene rings is 2. The molecule has 1 saturated heterocycles. The van der Waals surface area contributed by atoms with Gasteiger partial charge in [-0.1, -0.05) is 47.5 Å². The highest BCUT2D eigenvalue weighted by molar-refractivity contribution is 7.17. The minimum atomic E-state index is 0.200. The van der Waals surface area contributed by atoms with Gasteiger partial charge >= 0.3 is 0 Å². The van der Waals surface area contributed by atoms with Crippen molar-refractivity contribution >= 4 is 44.6 Å². The van der Waals surface area contributed by atoms with Crippen LogP contribution in [-0.4, -0.2) is 31.1 Å². The molecule has 2 nitrogen and oxygen atoms in total. The molecule has 130 valence electrons. The lowest BCUT2D eigenvalue weighted by Gasteiger charge is -2.31. The summed E-state index contributed by atoms with van der Waals surface area (Å²) in [4.78, 5) is 2.56. The topological polar surface area (TPSA) is 15.3 Å². The predicted molar refractivity (Wildman–Crippen MR) is 109 cm³/mol. The van der Waals surface area contributed by atoms with Crippen molar-refractivity contribution < 1.29 is 0 Å². The lowest BCUT2D eigenvalue weighted by Crippen LogP contribution is -2.32. The molecule has 1 fully saturated rings. The maximum Gasteiger partial charge on any atom is 0.0617 e. The zero-order chi connectivity index (χ0) is 17.2. The summed E-state index contributed by atoms with van der Waals surface area (Å²) < 4.78 is 1.33. The fourth-order valence-electron chi connectivity index (χ4n) is 3.60. The number of hydrogen-bond donors (Lipinski definition) is 1. The van der Waals surface area contributed by atoms with Crippen molar-refractivity contribution in [3.05, 3.63) is 69.0 Å². The summed E-state index contributed by atoms with van der Waals surface area (Å²) in [5.41, 5.74) is 2.57. The van der Waals surface area contributed by atoms with Crippen molar-refractivity contribution in [3.63, 3.8) is 0 Å². The maximum absolute atomic E-state index is 6.35. The Hall–Kier alpha value is -1.10. The number of nitrogens with one attached hydrogen (secondary N) is 1. The molecular weight excluding hydrogens is 371 g/mol. The second-order valence-electron chi connectivity index (χ2n) is 6.40. The molecule has 0 amide bonds. The van der Waals surface area contributed by atoms with Crippen molar-refractivity contribution in [2.24, 2.45) is 0 Å². The van der Waals surface area contributed by atoms with Gasteiger partial charge in [0.1, 0.15) is 0 Å². The van der Waals surface area contributed by atoms with E-state index in [1.807, 2.05) is 23.5 Å². The van der Waals surface area contributed by atoms with Crippen molar-refractivity contribution in [2.45, 2.75) is 12.5 Å². The Morgan fingerprint density at radius 3 is 2.76 bits per heavy atom. The molecule has 1 unspecified atom stereocenters. The van der Waals surface area contributed by atoms with Crippen LogP contribution in [0.1, 0.15) is 23.6 Å². The fourth-order valence-corrected chi connectivity index (χ4v) is 4.89. The Bertz CT molecular complexity index is 869. The molecule has 0 saturated carbocycles. The summed E-state index contributed by atoms with van der Waals surface area (Å²) in [6.45, 7) is 4.19. The molecule has 1 atom stereocenters. The van der Waals surface area contributed by atoms with E-state index in [4.69, 9.17) is 23.2 Å². The lowest BCUT2D eigenvalue weighted by atomic mass is 9.96. The third kappa shape index (κ3) is 3.57. The first-order chi connectivity index (χ1) is 12.2. The molecule has 25 heavy (non-hydrogen) atoms. The van der Waals surface area contributed by atoms with Gasteiger partial charge in [0.25, 0.3) is 0 Å². The largest absolute Gasteiger partial charge is 0.315 e. The normalized spacial score (nSPS) is 17.5. The number of halogens is 2. The molecule has 1 aromatic heterocycles. The monoisotopic (exact) mass is 390 g/mol. The minimum absolute atomic E-state index is 0.200. The van der Waals surface area contributed by atoms with E-state index >= 15 is 0 Å². The van der Waals surface area contributed by atoms with Crippen molar-refractivity contribution in [3.8, 4) is 0 Å². The summed E-state index contributed by atoms with van der Waals surface area (Å²) in [7, 11) is 0. The number of nitrogens with zero attached hydrogens (tertiary/aromatic N) is 1. The van der Waals surface area contributed by atoms with Crippen LogP contribution >= 0.6 is 34.5 Å². The Kier molecular flexibility index (Phi) is 5.30. The first kappa shape index (κ1) is 17.3. The van der Waals surface area contributed by atoms with Gasteiger partial charge in [0.15, 0.2) is 0 Å². The molecule has 3 aromatic rings. The Balaban J connectivity index is 1.83. The van der Waals surface area contributed by atoms with Crippen LogP contribution in [0.5, 0.6) is 0 Å². The third-order valence-electron chi connectivity index (χ3n) is 4.80. The molecule has 4 rings (SSSR count). The molecule has 0 spiro atoms. The van der Waals surface area contributed by atoms with Crippen LogP contribution in [0.4, 0.5) is 0 Å². The molecule has 5 heteroatoms. The summed E-state index contributed by atoms with van der Waals surface area (Å²) in [6, 6.07) is 14.9. The first-order valence-electron chi connectivity index (χ1n) is 8.60. The smallest absolute Gasteiger partial charge is 0.0617 e. The van der Waals surface area contributed by atoms with E-state index < -0.39 is 0 Å². The highest BCUT2D eigenvalue weighted by Gasteiger charge is 2.26. The standard InChI is InChI=1S/C20H20Cl2N2S/c21-17-7-6-14(12-18(17)22)20(24-10-3-8-23-9-11-24)16-13-25-19-5-2-1-4-15(16)19/h1-2,4-7,12-13,20,23H,3,8-11H2. The summed E-state index contributed by atoms with van der Waals surface area (Å²) in [6.07, 6.45) is 1.15. The molecule has 2 aromatic carbocycles. The molecule has 0 aliphatic carbocycles. The first-order valence-corrected chi connectivity index (χ1v) is 10.2. The van der Waals surface area contributed by atoms with Gasteiger partial charge in [0.2, 0.25) is 0 Å². The number of rotatable bonds is 3. The fraction of sp³-hybridized carbons (Fsp3) is 0.300. The predicted octanol–water partition coefficient (Wildman–Crippen LogP) is 5.59. The zero-order valence-corrected chi connectivity index (χ0v) is 16.2. The van der Waals surface area contributed by atoms with E-state index in [1.54, 1.807) is 0 Å². The number of thiophene rings is 1. The van der Waals surface area contributed by atoms with Gasteiger partial charge in [-0.25, -0.2) is 0 Å². The molecule has 0 bridgehead atoms. The number of hydrogen-bond acceptors (Lipinski definition) is 3. The Morgan fingerprint density at radius 1 is 1.00 bits per heavy atom. The molecule has 1 aliphatic heterocycles. The maximum atomic E-state index is 6.35. The van der Waals surface area contributed by atoms with E-state index in [-0.39, 0.29) is 6.04 Å². The molecular formula is C20H20Cl2N2S. The average Bonchev–Trinajstić information content (AvgIpc) is 2.86. The van der Waals surface area contributed by atoms with E-state index in [2.05, 4.69) is 45.9 Å². The minimum Gasteiger partial charge on any atom is -0.315 e. The van der Waals surface area contributed by atoms with Crippen LogP contribution in [0.2, 0.25) is 10.0 Å². The Morgan fingerprint density at radius 2 is 1.88 bits per heavy atom. The van der Waals surface area contributed by atoms with Gasteiger partial charge < -0.3 is 5.32 Å². The highest BCUT2D eigenvalue weighted by atomic mass is 35.5. The van der Waals surface area contributed by atoms with Crippen LogP contribution in [0.3, 0.4) is 0 Å². The van der Waals surface area contributed by atoms with Gasteiger partial charge in [-0.05, 0) is 53.1 Å². The van der Waals surface area contributed by atoms with Crippen LogP contribution in [0.15, 0.2) is 47.8 Å².